The maximum absolute atomic E-state index is 11.1. The molecule has 5 nitrogen and oxygen atoms in total. The molecule has 1 aromatic rings. The van der Waals surface area contributed by atoms with E-state index in [1.165, 1.54) is 12.4 Å². The van der Waals surface area contributed by atoms with Crippen molar-refractivity contribution >= 4 is 11.9 Å². The molecule has 0 spiro atoms. The molecule has 70 valence electrons. The number of anilines is 1. The van der Waals surface area contributed by atoms with E-state index in [-0.39, 0.29) is 0 Å². The van der Waals surface area contributed by atoms with Gasteiger partial charge in [0.15, 0.2) is 0 Å². The highest BCUT2D eigenvalue weighted by atomic mass is 16.5. The summed E-state index contributed by atoms with van der Waals surface area (Å²) in [7, 11) is 1.71. The highest BCUT2D eigenvalue weighted by Crippen LogP contribution is 2.00. The summed E-state index contributed by atoms with van der Waals surface area (Å²) in [5, 5.41) is 2.75. The van der Waals surface area contributed by atoms with E-state index in [0.717, 1.165) is 0 Å². The fourth-order valence-corrected chi connectivity index (χ4v) is 0.777. The first-order valence-electron chi connectivity index (χ1n) is 3.94. The molecule has 0 aliphatic heterocycles. The Labute approximate surface area is 76.2 Å². The van der Waals surface area contributed by atoms with E-state index in [2.05, 4.69) is 15.3 Å². The molecule has 13 heavy (non-hydrogen) atoms. The fourth-order valence-electron chi connectivity index (χ4n) is 0.777. The van der Waals surface area contributed by atoms with Crippen molar-refractivity contribution in [3.8, 4) is 0 Å². The number of hydrogen-bond donors (Lipinski definition) is 1. The summed E-state index contributed by atoms with van der Waals surface area (Å²) in [5.74, 6) is 0.0817. The predicted octanol–water partition coefficient (Wildman–Crippen LogP) is 0.695. The maximum Gasteiger partial charge on any atom is 0.341 e. The normalized spacial score (nSPS) is 9.38. The Hall–Kier alpha value is -1.65. The second-order valence-corrected chi connectivity index (χ2v) is 2.27. The number of hydrogen-bond acceptors (Lipinski definition) is 5. The third-order valence-electron chi connectivity index (χ3n) is 1.39. The van der Waals surface area contributed by atoms with Crippen LogP contribution in [0.25, 0.3) is 0 Å². The molecule has 1 heterocycles. The van der Waals surface area contributed by atoms with Crippen molar-refractivity contribution in [1.82, 2.24) is 9.97 Å². The standard InChI is InChI=1S/C8H11N3O2/c1-3-13-7(12)6-4-10-8(9-2)11-5-6/h4-5H,3H2,1-2H3,(H,9,10,11). The van der Waals surface area contributed by atoms with Crippen LogP contribution >= 0.6 is 0 Å². The first-order chi connectivity index (χ1) is 6.27. The van der Waals surface area contributed by atoms with Gasteiger partial charge in [0.25, 0.3) is 0 Å². The van der Waals surface area contributed by atoms with E-state index in [0.29, 0.717) is 18.1 Å². The molecule has 0 bridgehead atoms. The van der Waals surface area contributed by atoms with Gasteiger partial charge in [-0.15, -0.1) is 0 Å². The van der Waals surface area contributed by atoms with Crippen LogP contribution in [0, 0.1) is 0 Å². The lowest BCUT2D eigenvalue weighted by Gasteiger charge is -2.01. The second kappa shape index (κ2) is 4.39. The van der Waals surface area contributed by atoms with Gasteiger partial charge in [-0.25, -0.2) is 14.8 Å². The Morgan fingerprint density at radius 1 is 1.54 bits per heavy atom. The SMILES string of the molecule is CCOC(=O)c1cnc(NC)nc1. The van der Waals surface area contributed by atoms with Gasteiger partial charge in [0.1, 0.15) is 0 Å². The van der Waals surface area contributed by atoms with Crippen LogP contribution in [0.15, 0.2) is 12.4 Å². The largest absolute Gasteiger partial charge is 0.462 e. The van der Waals surface area contributed by atoms with Crippen LogP contribution in [0.4, 0.5) is 5.95 Å². The Bertz CT molecular complexity index is 284. The van der Waals surface area contributed by atoms with Gasteiger partial charge in [-0.3, -0.25) is 0 Å². The van der Waals surface area contributed by atoms with E-state index >= 15 is 0 Å². The van der Waals surface area contributed by atoms with Gasteiger partial charge in [0, 0.05) is 19.4 Å². The van der Waals surface area contributed by atoms with Gasteiger partial charge in [-0.1, -0.05) is 0 Å². The van der Waals surface area contributed by atoms with Crippen molar-refractivity contribution in [2.24, 2.45) is 0 Å². The molecule has 0 unspecified atom stereocenters. The van der Waals surface area contributed by atoms with Crippen LogP contribution in [0.5, 0.6) is 0 Å². The fraction of sp³-hybridized carbons (Fsp3) is 0.375. The average molecular weight is 181 g/mol. The molecular weight excluding hydrogens is 170 g/mol. The summed E-state index contributed by atoms with van der Waals surface area (Å²) < 4.78 is 4.76. The van der Waals surface area contributed by atoms with Crippen LogP contribution in [-0.4, -0.2) is 29.6 Å². The van der Waals surface area contributed by atoms with Crippen LogP contribution in [0.1, 0.15) is 17.3 Å². The number of ether oxygens (including phenoxy) is 1. The molecular formula is C8H11N3O2. The van der Waals surface area contributed by atoms with Gasteiger partial charge < -0.3 is 10.1 Å². The Kier molecular flexibility index (Phi) is 3.19. The summed E-state index contributed by atoms with van der Waals surface area (Å²) >= 11 is 0. The van der Waals surface area contributed by atoms with Crippen molar-refractivity contribution in [2.75, 3.05) is 19.0 Å². The molecule has 0 radical (unpaired) electrons. The lowest BCUT2D eigenvalue weighted by molar-refractivity contribution is 0.0525. The number of carbonyl (C=O) groups is 1. The predicted molar refractivity (Wildman–Crippen MR) is 47.5 cm³/mol. The summed E-state index contributed by atoms with van der Waals surface area (Å²) in [4.78, 5) is 18.9. The number of nitrogens with zero attached hydrogens (tertiary/aromatic N) is 2. The Morgan fingerprint density at radius 3 is 2.62 bits per heavy atom. The van der Waals surface area contributed by atoms with Crippen molar-refractivity contribution < 1.29 is 9.53 Å². The Balaban J connectivity index is 2.74. The molecule has 0 atom stereocenters. The monoisotopic (exact) mass is 181 g/mol. The van der Waals surface area contributed by atoms with Crippen LogP contribution in [0.2, 0.25) is 0 Å². The summed E-state index contributed by atoms with van der Waals surface area (Å²) in [5.41, 5.74) is 0.362. The molecule has 0 aliphatic carbocycles. The minimum atomic E-state index is -0.398. The van der Waals surface area contributed by atoms with Crippen molar-refractivity contribution in [1.29, 1.82) is 0 Å². The molecule has 0 aromatic carbocycles. The number of nitrogens with one attached hydrogen (secondary N) is 1. The van der Waals surface area contributed by atoms with Crippen molar-refractivity contribution in [2.45, 2.75) is 6.92 Å². The zero-order chi connectivity index (χ0) is 9.68. The van der Waals surface area contributed by atoms with E-state index in [4.69, 9.17) is 4.74 Å². The zero-order valence-electron chi connectivity index (χ0n) is 7.57. The molecule has 1 aromatic heterocycles. The van der Waals surface area contributed by atoms with Crippen LogP contribution in [0.3, 0.4) is 0 Å². The van der Waals surface area contributed by atoms with E-state index in [1.54, 1.807) is 14.0 Å². The molecule has 5 heteroatoms. The summed E-state index contributed by atoms with van der Waals surface area (Å²) in [6.07, 6.45) is 2.85. The van der Waals surface area contributed by atoms with Gasteiger partial charge in [0.05, 0.1) is 12.2 Å². The van der Waals surface area contributed by atoms with Crippen LogP contribution < -0.4 is 5.32 Å². The molecule has 0 saturated heterocycles. The minimum absolute atomic E-state index is 0.354. The Morgan fingerprint density at radius 2 is 2.15 bits per heavy atom. The minimum Gasteiger partial charge on any atom is -0.462 e. The first-order valence-corrected chi connectivity index (χ1v) is 3.94. The number of rotatable bonds is 3. The van der Waals surface area contributed by atoms with E-state index in [1.807, 2.05) is 0 Å². The van der Waals surface area contributed by atoms with Gasteiger partial charge in [-0.2, -0.15) is 0 Å². The number of esters is 1. The van der Waals surface area contributed by atoms with E-state index < -0.39 is 5.97 Å². The quantitative estimate of drug-likeness (QED) is 0.695. The number of carbonyl (C=O) groups excluding carboxylic acids is 1. The van der Waals surface area contributed by atoms with Gasteiger partial charge in [0.2, 0.25) is 5.95 Å². The molecule has 1 N–H and O–H groups in total. The maximum atomic E-state index is 11.1. The second-order valence-electron chi connectivity index (χ2n) is 2.27. The smallest absolute Gasteiger partial charge is 0.341 e. The third kappa shape index (κ3) is 2.40. The summed E-state index contributed by atoms with van der Waals surface area (Å²) in [6.45, 7) is 2.10. The van der Waals surface area contributed by atoms with Gasteiger partial charge in [-0.05, 0) is 6.92 Å². The van der Waals surface area contributed by atoms with Crippen molar-refractivity contribution in [3.63, 3.8) is 0 Å². The lowest BCUT2D eigenvalue weighted by Crippen LogP contribution is -2.06. The topological polar surface area (TPSA) is 64.1 Å². The molecule has 0 aliphatic rings. The molecule has 0 fully saturated rings. The summed E-state index contributed by atoms with van der Waals surface area (Å²) in [6, 6.07) is 0. The van der Waals surface area contributed by atoms with Crippen LogP contribution in [-0.2, 0) is 4.74 Å². The third-order valence-corrected chi connectivity index (χ3v) is 1.39. The number of aromatic nitrogens is 2. The highest BCUT2D eigenvalue weighted by Gasteiger charge is 2.06. The zero-order valence-corrected chi connectivity index (χ0v) is 7.57. The van der Waals surface area contributed by atoms with E-state index in [9.17, 15) is 4.79 Å². The van der Waals surface area contributed by atoms with Gasteiger partial charge >= 0.3 is 5.97 Å². The molecule has 1 rings (SSSR count). The lowest BCUT2D eigenvalue weighted by atomic mass is 10.3. The molecule has 0 amide bonds. The molecule has 0 saturated carbocycles. The average Bonchev–Trinajstić information content (AvgIpc) is 2.18. The van der Waals surface area contributed by atoms with Crippen molar-refractivity contribution in [3.05, 3.63) is 18.0 Å². The highest BCUT2D eigenvalue weighted by molar-refractivity contribution is 5.88. The first kappa shape index (κ1) is 9.44.